The first-order valence-corrected chi connectivity index (χ1v) is 11.2. The Morgan fingerprint density at radius 3 is 2.73 bits per heavy atom. The Morgan fingerprint density at radius 1 is 1.18 bits per heavy atom. The number of likely N-dealkylation sites (N-methyl/N-ethyl adjacent to an activating group) is 1. The van der Waals surface area contributed by atoms with Crippen molar-refractivity contribution in [2.75, 3.05) is 13.6 Å². The summed E-state index contributed by atoms with van der Waals surface area (Å²) in [5.41, 5.74) is 1.69. The largest absolute Gasteiger partial charge is 0.504 e. The second kappa shape index (κ2) is 7.14. The van der Waals surface area contributed by atoms with Crippen LogP contribution >= 0.6 is 0 Å². The molecule has 6 rings (SSSR count). The SMILES string of the molecule is CN1CC[C@]23c4c5ccc(O)c4O[C@H]2C(O[C@@H]2O[C@H](C(=O)O)[C@@H](O)[C@H](O)[C@H]2O)C=C[C@H]3[C@H]1C5. The molecule has 10 heteroatoms. The van der Waals surface area contributed by atoms with Gasteiger partial charge in [0, 0.05) is 22.9 Å². The maximum Gasteiger partial charge on any atom is 0.335 e. The molecule has 1 unspecified atom stereocenters. The van der Waals surface area contributed by atoms with E-state index in [1.165, 1.54) is 0 Å². The predicted octanol–water partition coefficient (Wildman–Crippen LogP) is -0.885. The average molecular weight is 461 g/mol. The van der Waals surface area contributed by atoms with Crippen LogP contribution < -0.4 is 4.74 Å². The van der Waals surface area contributed by atoms with Gasteiger partial charge >= 0.3 is 5.97 Å². The predicted molar refractivity (Wildman–Crippen MR) is 111 cm³/mol. The van der Waals surface area contributed by atoms with Gasteiger partial charge in [-0.15, -0.1) is 0 Å². The maximum absolute atomic E-state index is 11.5. The van der Waals surface area contributed by atoms with Gasteiger partial charge in [0.25, 0.3) is 0 Å². The summed E-state index contributed by atoms with van der Waals surface area (Å²) in [4.78, 5) is 13.8. The molecular formula is C23H27NO9. The van der Waals surface area contributed by atoms with Crippen molar-refractivity contribution in [3.05, 3.63) is 35.4 Å². The summed E-state index contributed by atoms with van der Waals surface area (Å²) in [6.07, 6.45) is -4.16. The van der Waals surface area contributed by atoms with E-state index in [4.69, 9.17) is 14.2 Å². The van der Waals surface area contributed by atoms with Gasteiger partial charge in [-0.05, 0) is 38.1 Å². The number of aliphatic hydroxyl groups excluding tert-OH is 3. The lowest BCUT2D eigenvalue weighted by Gasteiger charge is -2.57. The van der Waals surface area contributed by atoms with E-state index in [0.717, 1.165) is 30.5 Å². The van der Waals surface area contributed by atoms with Crippen molar-refractivity contribution in [2.45, 2.75) is 67.2 Å². The van der Waals surface area contributed by atoms with Crippen molar-refractivity contribution in [3.63, 3.8) is 0 Å². The molecule has 2 aliphatic carbocycles. The molecule has 0 amide bonds. The smallest absolute Gasteiger partial charge is 0.335 e. The topological polar surface area (TPSA) is 149 Å². The molecule has 10 atom stereocenters. The molecule has 2 saturated heterocycles. The van der Waals surface area contributed by atoms with Crippen LogP contribution in [0.5, 0.6) is 11.5 Å². The number of rotatable bonds is 3. The number of aromatic hydroxyl groups is 1. The molecule has 5 N–H and O–H groups in total. The van der Waals surface area contributed by atoms with Crippen LogP contribution in [0.4, 0.5) is 0 Å². The van der Waals surface area contributed by atoms with Gasteiger partial charge in [0.2, 0.25) is 0 Å². The van der Waals surface area contributed by atoms with Crippen LogP contribution in [0.1, 0.15) is 17.5 Å². The van der Waals surface area contributed by atoms with E-state index >= 15 is 0 Å². The number of carboxylic acid groups (broad SMARTS) is 1. The highest BCUT2D eigenvalue weighted by atomic mass is 16.7. The van der Waals surface area contributed by atoms with Crippen LogP contribution in [-0.2, 0) is 26.1 Å². The van der Waals surface area contributed by atoms with Crippen molar-refractivity contribution in [1.29, 1.82) is 0 Å². The summed E-state index contributed by atoms with van der Waals surface area (Å²) in [6, 6.07) is 3.85. The second-order valence-electron chi connectivity index (χ2n) is 9.78. The lowest BCUT2D eigenvalue weighted by molar-refractivity contribution is -0.307. The monoisotopic (exact) mass is 461 g/mol. The summed E-state index contributed by atoms with van der Waals surface area (Å²) in [5, 5.41) is 50.5. The minimum atomic E-state index is -1.79. The summed E-state index contributed by atoms with van der Waals surface area (Å²) < 4.78 is 17.7. The maximum atomic E-state index is 11.5. The molecule has 5 aliphatic rings. The third kappa shape index (κ3) is 2.73. The summed E-state index contributed by atoms with van der Waals surface area (Å²) in [5.74, 6) is -0.824. The molecule has 3 heterocycles. The fourth-order valence-corrected chi connectivity index (χ4v) is 6.66. The van der Waals surface area contributed by atoms with Crippen LogP contribution in [-0.4, -0.2) is 98.9 Å². The number of likely N-dealkylation sites (tertiary alicyclic amines) is 1. The van der Waals surface area contributed by atoms with Gasteiger partial charge in [0.1, 0.15) is 30.5 Å². The second-order valence-corrected chi connectivity index (χ2v) is 9.78. The Kier molecular flexibility index (Phi) is 4.62. The number of phenols is 1. The van der Waals surface area contributed by atoms with Crippen LogP contribution in [0.15, 0.2) is 24.3 Å². The highest BCUT2D eigenvalue weighted by molar-refractivity contribution is 5.73. The average Bonchev–Trinajstić information content (AvgIpc) is 3.14. The molecule has 0 aromatic heterocycles. The van der Waals surface area contributed by atoms with E-state index in [-0.39, 0.29) is 17.7 Å². The van der Waals surface area contributed by atoms with E-state index in [9.17, 15) is 30.3 Å². The molecule has 1 spiro atoms. The van der Waals surface area contributed by atoms with E-state index in [1.807, 2.05) is 12.1 Å². The number of piperidine rings is 1. The third-order valence-corrected chi connectivity index (χ3v) is 8.23. The fraction of sp³-hybridized carbons (Fsp3) is 0.609. The lowest BCUT2D eigenvalue weighted by Crippen LogP contribution is -2.66. The standard InChI is InChI=1S/C23H27NO9/c1-24-7-6-23-10-3-5-13(31-22-17(28)15(26)16(27)19(33-22)21(29)30)20(23)32-18-12(25)4-2-9(14(18)23)8-11(10)24/h2-5,10-11,13,15-17,19-20,22,25-28H,6-8H2,1H3,(H,29,30)/t10-,11+,13?,15-,16-,17+,19-,20-,22+,23-/m0/s1. The number of carbonyl (C=O) groups is 1. The number of hydrogen-bond donors (Lipinski definition) is 5. The van der Waals surface area contributed by atoms with Crippen LogP contribution in [0, 0.1) is 5.92 Å². The number of carboxylic acids is 1. The quantitative estimate of drug-likeness (QED) is 0.359. The summed E-state index contributed by atoms with van der Waals surface area (Å²) in [6.45, 7) is 0.838. The van der Waals surface area contributed by atoms with Crippen molar-refractivity contribution in [1.82, 2.24) is 4.90 Å². The molecule has 1 aromatic rings. The first kappa shape index (κ1) is 21.3. The normalized spacial score (nSPS) is 45.4. The van der Waals surface area contributed by atoms with E-state index in [0.29, 0.717) is 5.75 Å². The zero-order chi connectivity index (χ0) is 23.2. The van der Waals surface area contributed by atoms with Crippen LogP contribution in [0.2, 0.25) is 0 Å². The number of benzene rings is 1. The zero-order valence-corrected chi connectivity index (χ0v) is 17.9. The Labute approximate surface area is 189 Å². The molecule has 2 bridgehead atoms. The first-order valence-electron chi connectivity index (χ1n) is 11.2. The summed E-state index contributed by atoms with van der Waals surface area (Å²) in [7, 11) is 2.11. The van der Waals surface area contributed by atoms with E-state index < -0.39 is 54.3 Å². The van der Waals surface area contributed by atoms with Crippen LogP contribution in [0.3, 0.4) is 0 Å². The van der Waals surface area contributed by atoms with Crippen molar-refractivity contribution < 1.29 is 44.5 Å². The van der Waals surface area contributed by atoms with Crippen molar-refractivity contribution >= 4 is 5.97 Å². The molecular weight excluding hydrogens is 434 g/mol. The van der Waals surface area contributed by atoms with E-state index in [2.05, 4.69) is 18.0 Å². The van der Waals surface area contributed by atoms with Crippen molar-refractivity contribution in [3.8, 4) is 11.5 Å². The van der Waals surface area contributed by atoms with Gasteiger partial charge in [-0.3, -0.25) is 0 Å². The first-order chi connectivity index (χ1) is 15.7. The number of aliphatic hydroxyl groups is 3. The molecule has 2 fully saturated rings. The highest BCUT2D eigenvalue weighted by Gasteiger charge is 2.65. The van der Waals surface area contributed by atoms with Gasteiger partial charge in [0.05, 0.1) is 0 Å². The zero-order valence-electron chi connectivity index (χ0n) is 17.9. The van der Waals surface area contributed by atoms with Gasteiger partial charge in [-0.2, -0.15) is 0 Å². The Morgan fingerprint density at radius 2 is 1.97 bits per heavy atom. The molecule has 3 aliphatic heterocycles. The number of phenolic OH excluding ortho intramolecular Hbond substituents is 1. The number of aliphatic carboxylic acids is 1. The number of nitrogens with zero attached hydrogens (tertiary/aromatic N) is 1. The lowest BCUT2D eigenvalue weighted by atomic mass is 9.53. The molecule has 0 radical (unpaired) electrons. The van der Waals surface area contributed by atoms with Gasteiger partial charge < -0.3 is 44.6 Å². The van der Waals surface area contributed by atoms with Gasteiger partial charge in [-0.1, -0.05) is 18.2 Å². The van der Waals surface area contributed by atoms with E-state index in [1.54, 1.807) is 6.07 Å². The Bertz CT molecular complexity index is 1030. The minimum Gasteiger partial charge on any atom is -0.504 e. The summed E-state index contributed by atoms with van der Waals surface area (Å²) >= 11 is 0. The Balaban J connectivity index is 1.38. The van der Waals surface area contributed by atoms with Crippen LogP contribution in [0.25, 0.3) is 0 Å². The fourth-order valence-electron chi connectivity index (χ4n) is 6.66. The number of hydrogen-bond acceptors (Lipinski definition) is 9. The molecule has 1 aromatic carbocycles. The minimum absolute atomic E-state index is 0.0610. The Hall–Kier alpha value is -2.21. The van der Waals surface area contributed by atoms with Crippen molar-refractivity contribution in [2.24, 2.45) is 5.92 Å². The molecule has 0 saturated carbocycles. The third-order valence-electron chi connectivity index (χ3n) is 8.23. The van der Waals surface area contributed by atoms with Gasteiger partial charge in [-0.25, -0.2) is 4.79 Å². The molecule has 33 heavy (non-hydrogen) atoms. The molecule has 10 nitrogen and oxygen atoms in total. The van der Waals surface area contributed by atoms with Gasteiger partial charge in [0.15, 0.2) is 23.9 Å². The molecule has 178 valence electrons. The number of ether oxygens (including phenoxy) is 3. The highest BCUT2D eigenvalue weighted by Crippen LogP contribution is 2.62.